The van der Waals surface area contributed by atoms with Gasteiger partial charge >= 0.3 is 0 Å². The van der Waals surface area contributed by atoms with Gasteiger partial charge in [0.1, 0.15) is 0 Å². The number of carbonyl (C=O) groups is 1. The number of unbranched alkanes of at least 4 members (excludes halogenated alkanes) is 1. The second-order valence-electron chi connectivity index (χ2n) is 8.81. The molecule has 0 radical (unpaired) electrons. The number of hydrogen-bond donors (Lipinski definition) is 1. The van der Waals surface area contributed by atoms with E-state index in [4.69, 9.17) is 23.2 Å². The van der Waals surface area contributed by atoms with E-state index < -0.39 is 0 Å². The van der Waals surface area contributed by atoms with E-state index >= 15 is 0 Å². The highest BCUT2D eigenvalue weighted by atomic mass is 35.5. The quantitative estimate of drug-likeness (QED) is 0.253. The summed E-state index contributed by atoms with van der Waals surface area (Å²) < 4.78 is 1.80. The molecule has 0 aliphatic carbocycles. The zero-order chi connectivity index (χ0) is 25.7. The maximum atomic E-state index is 13.6. The monoisotopic (exact) mass is 523 g/mol. The van der Waals surface area contributed by atoms with E-state index in [9.17, 15) is 4.79 Å². The minimum Gasteiger partial charge on any atom is -0.350 e. The Morgan fingerprint density at radius 3 is 2.56 bits per heavy atom. The van der Waals surface area contributed by atoms with Gasteiger partial charge in [0.2, 0.25) is 5.95 Å². The molecular formula is C28H31Cl2N5O. The van der Waals surface area contributed by atoms with Crippen LogP contribution in [-0.2, 0) is 0 Å². The molecule has 0 aliphatic rings. The van der Waals surface area contributed by atoms with Crippen LogP contribution in [0.5, 0.6) is 0 Å². The highest BCUT2D eigenvalue weighted by Crippen LogP contribution is 2.31. The van der Waals surface area contributed by atoms with Crippen molar-refractivity contribution in [1.29, 1.82) is 0 Å². The number of nitrogens with zero attached hydrogens (tertiary/aromatic N) is 4. The molecule has 0 saturated heterocycles. The van der Waals surface area contributed by atoms with Gasteiger partial charge in [-0.1, -0.05) is 61.7 Å². The van der Waals surface area contributed by atoms with Crippen LogP contribution in [0.3, 0.4) is 0 Å². The van der Waals surface area contributed by atoms with Gasteiger partial charge in [-0.25, -0.2) is 9.97 Å². The fourth-order valence-electron chi connectivity index (χ4n) is 4.51. The first kappa shape index (κ1) is 26.1. The number of aromatic nitrogens is 3. The molecule has 1 unspecified atom stereocenters. The fourth-order valence-corrected chi connectivity index (χ4v) is 4.90. The van der Waals surface area contributed by atoms with Crippen molar-refractivity contribution in [2.75, 3.05) is 19.6 Å². The summed E-state index contributed by atoms with van der Waals surface area (Å²) in [6, 6.07) is 13.4. The Labute approximate surface area is 222 Å². The van der Waals surface area contributed by atoms with Crippen molar-refractivity contribution < 1.29 is 4.79 Å². The topological polar surface area (TPSA) is 63.1 Å². The molecule has 0 bridgehead atoms. The number of amides is 1. The number of nitrogens with one attached hydrogen (secondary N) is 1. The van der Waals surface area contributed by atoms with E-state index in [1.54, 1.807) is 35.3 Å². The average Bonchev–Trinajstić information content (AvgIpc) is 3.29. The number of carbonyl (C=O) groups excluding carboxylic acids is 1. The highest BCUT2D eigenvalue weighted by Gasteiger charge is 2.23. The van der Waals surface area contributed by atoms with Gasteiger partial charge in [0.25, 0.3) is 5.91 Å². The van der Waals surface area contributed by atoms with Gasteiger partial charge in [0.05, 0.1) is 22.1 Å². The lowest BCUT2D eigenvalue weighted by molar-refractivity contribution is 0.0934. The van der Waals surface area contributed by atoms with Crippen molar-refractivity contribution in [3.63, 3.8) is 0 Å². The van der Waals surface area contributed by atoms with Gasteiger partial charge in [0, 0.05) is 35.5 Å². The Morgan fingerprint density at radius 1 is 1.08 bits per heavy atom. The maximum absolute atomic E-state index is 13.6. The fraction of sp³-hybridized carbons (Fsp3) is 0.321. The molecule has 2 heterocycles. The van der Waals surface area contributed by atoms with Crippen LogP contribution in [-0.4, -0.2) is 45.0 Å². The van der Waals surface area contributed by atoms with E-state index in [1.807, 2.05) is 25.1 Å². The van der Waals surface area contributed by atoms with E-state index in [2.05, 4.69) is 46.2 Å². The molecule has 0 fully saturated rings. The Hall–Kier alpha value is -2.93. The molecule has 188 valence electrons. The lowest BCUT2D eigenvalue weighted by Gasteiger charge is -2.31. The van der Waals surface area contributed by atoms with Crippen LogP contribution in [0.2, 0.25) is 10.0 Å². The summed E-state index contributed by atoms with van der Waals surface area (Å²) in [5, 5.41) is 5.11. The van der Waals surface area contributed by atoms with Crippen molar-refractivity contribution in [1.82, 2.24) is 24.8 Å². The van der Waals surface area contributed by atoms with Crippen LogP contribution in [0.25, 0.3) is 16.9 Å². The van der Waals surface area contributed by atoms with Crippen molar-refractivity contribution in [2.24, 2.45) is 0 Å². The van der Waals surface area contributed by atoms with Crippen molar-refractivity contribution >= 4 is 40.0 Å². The van der Waals surface area contributed by atoms with E-state index in [1.165, 1.54) is 0 Å². The number of rotatable bonds is 10. The number of benzene rings is 2. The lowest BCUT2D eigenvalue weighted by Crippen LogP contribution is -2.38. The molecule has 2 aromatic carbocycles. The van der Waals surface area contributed by atoms with Crippen LogP contribution in [0.4, 0.5) is 0 Å². The van der Waals surface area contributed by atoms with E-state index in [0.717, 1.165) is 47.6 Å². The first-order chi connectivity index (χ1) is 17.4. The Kier molecular flexibility index (Phi) is 8.62. The molecule has 4 rings (SSSR count). The average molecular weight is 524 g/mol. The lowest BCUT2D eigenvalue weighted by atomic mass is 10.0. The molecule has 2 aromatic heterocycles. The molecule has 36 heavy (non-hydrogen) atoms. The molecular weight excluding hydrogens is 493 g/mol. The second kappa shape index (κ2) is 11.9. The highest BCUT2D eigenvalue weighted by molar-refractivity contribution is 6.37. The van der Waals surface area contributed by atoms with Crippen LogP contribution >= 0.6 is 23.2 Å². The standard InChI is InChI=1S/C28H31Cl2N5O/c1-4-6-15-34(5-2)25(20-11-12-22(29)19(3)16-20)17-33-27(36)21-18-35(28-31-13-8-14-32-28)24-10-7-9-23(30)26(21)24/h7-14,16,18,25H,4-6,15,17H2,1-3H3,(H,33,36). The predicted molar refractivity (Wildman–Crippen MR) is 147 cm³/mol. The smallest absolute Gasteiger partial charge is 0.253 e. The number of hydrogen-bond acceptors (Lipinski definition) is 4. The predicted octanol–water partition coefficient (Wildman–Crippen LogP) is 6.63. The molecule has 0 spiro atoms. The van der Waals surface area contributed by atoms with Crippen molar-refractivity contribution in [3.05, 3.63) is 87.8 Å². The summed E-state index contributed by atoms with van der Waals surface area (Å²) in [6.07, 6.45) is 7.30. The normalized spacial score (nSPS) is 12.3. The summed E-state index contributed by atoms with van der Waals surface area (Å²) in [4.78, 5) is 24.7. The van der Waals surface area contributed by atoms with Gasteiger partial charge in [-0.05, 0) is 61.8 Å². The molecule has 6 nitrogen and oxygen atoms in total. The first-order valence-corrected chi connectivity index (χ1v) is 13.0. The van der Waals surface area contributed by atoms with Crippen LogP contribution in [0.1, 0.15) is 54.2 Å². The molecule has 1 amide bonds. The van der Waals surface area contributed by atoms with Gasteiger partial charge in [-0.15, -0.1) is 0 Å². The minimum atomic E-state index is -0.190. The minimum absolute atomic E-state index is 0.0164. The number of halogens is 2. The third-order valence-electron chi connectivity index (χ3n) is 6.46. The van der Waals surface area contributed by atoms with Gasteiger partial charge in [-0.2, -0.15) is 0 Å². The number of likely N-dealkylation sites (N-methyl/N-ethyl adjacent to an activating group) is 1. The van der Waals surface area contributed by atoms with Crippen molar-refractivity contribution in [2.45, 2.75) is 39.7 Å². The SMILES string of the molecule is CCCCN(CC)C(CNC(=O)c1cn(-c2ncccn2)c2cccc(Cl)c12)c1ccc(Cl)c(C)c1. The third-order valence-corrected chi connectivity index (χ3v) is 7.20. The Balaban J connectivity index is 1.66. The summed E-state index contributed by atoms with van der Waals surface area (Å²) in [5.41, 5.74) is 3.43. The zero-order valence-corrected chi connectivity index (χ0v) is 22.4. The van der Waals surface area contributed by atoms with Crippen LogP contribution in [0, 0.1) is 6.92 Å². The molecule has 4 aromatic rings. The molecule has 1 atom stereocenters. The molecule has 0 aliphatic heterocycles. The molecule has 0 saturated carbocycles. The van der Waals surface area contributed by atoms with Gasteiger partial charge in [-0.3, -0.25) is 14.3 Å². The Morgan fingerprint density at radius 2 is 1.86 bits per heavy atom. The molecule has 1 N–H and O–H groups in total. The van der Waals surface area contributed by atoms with Crippen LogP contribution < -0.4 is 5.32 Å². The van der Waals surface area contributed by atoms with E-state index in [-0.39, 0.29) is 11.9 Å². The largest absolute Gasteiger partial charge is 0.350 e. The molecule has 8 heteroatoms. The number of fused-ring (bicyclic) bond motifs is 1. The van der Waals surface area contributed by atoms with Gasteiger partial charge in [0.15, 0.2) is 0 Å². The Bertz CT molecular complexity index is 1340. The van der Waals surface area contributed by atoms with Crippen LogP contribution in [0.15, 0.2) is 61.1 Å². The summed E-state index contributed by atoms with van der Waals surface area (Å²) in [6.45, 7) is 8.63. The van der Waals surface area contributed by atoms with Crippen molar-refractivity contribution in [3.8, 4) is 5.95 Å². The third kappa shape index (κ3) is 5.56. The summed E-state index contributed by atoms with van der Waals surface area (Å²) >= 11 is 12.9. The summed E-state index contributed by atoms with van der Waals surface area (Å²) in [5.74, 6) is 0.292. The first-order valence-electron chi connectivity index (χ1n) is 12.3. The summed E-state index contributed by atoms with van der Waals surface area (Å²) in [7, 11) is 0. The maximum Gasteiger partial charge on any atom is 0.253 e. The second-order valence-corrected chi connectivity index (χ2v) is 9.63. The number of aryl methyl sites for hydroxylation is 1. The zero-order valence-electron chi connectivity index (χ0n) is 20.8. The van der Waals surface area contributed by atoms with Gasteiger partial charge < -0.3 is 5.32 Å². The van der Waals surface area contributed by atoms with E-state index in [0.29, 0.717) is 28.5 Å².